The van der Waals surface area contributed by atoms with E-state index in [1.54, 1.807) is 6.07 Å². The first kappa shape index (κ1) is 18.6. The summed E-state index contributed by atoms with van der Waals surface area (Å²) in [5.74, 6) is 2.57. The Morgan fingerprint density at radius 2 is 1.75 bits per heavy atom. The van der Waals surface area contributed by atoms with E-state index in [2.05, 4.69) is 15.3 Å². The number of aryl methyl sites for hydroxylation is 1. The van der Waals surface area contributed by atoms with Crippen molar-refractivity contribution in [3.05, 3.63) is 64.4 Å². The Bertz CT molecular complexity index is 1060. The van der Waals surface area contributed by atoms with Gasteiger partial charge in [-0.1, -0.05) is 35.9 Å². The Labute approximate surface area is 167 Å². The minimum atomic E-state index is -0.270. The third-order valence-electron chi connectivity index (χ3n) is 4.79. The molecule has 0 aliphatic carbocycles. The van der Waals surface area contributed by atoms with Gasteiger partial charge < -0.3 is 10.2 Å². The van der Waals surface area contributed by atoms with Gasteiger partial charge in [0.2, 0.25) is 5.91 Å². The normalized spacial score (nSPS) is 14.2. The summed E-state index contributed by atoms with van der Waals surface area (Å²) in [5, 5.41) is 8.85. The SMILES string of the molecule is Cc1ccc(NC(=O)Cn2nc(N3CCSCC3)c3ccccc3c2=O)cc1. The number of rotatable bonds is 4. The highest BCUT2D eigenvalue weighted by molar-refractivity contribution is 7.99. The molecule has 4 rings (SSSR count). The summed E-state index contributed by atoms with van der Waals surface area (Å²) in [7, 11) is 0. The first-order valence-electron chi connectivity index (χ1n) is 9.31. The number of hydrogen-bond acceptors (Lipinski definition) is 5. The zero-order chi connectivity index (χ0) is 19.5. The average molecular weight is 395 g/mol. The molecule has 6 nitrogen and oxygen atoms in total. The topological polar surface area (TPSA) is 67.2 Å². The Morgan fingerprint density at radius 1 is 1.07 bits per heavy atom. The van der Waals surface area contributed by atoms with Crippen LogP contribution in [0.4, 0.5) is 11.5 Å². The van der Waals surface area contributed by atoms with Crippen molar-refractivity contribution in [2.45, 2.75) is 13.5 Å². The highest BCUT2D eigenvalue weighted by Crippen LogP contribution is 2.24. The van der Waals surface area contributed by atoms with E-state index in [0.29, 0.717) is 11.1 Å². The van der Waals surface area contributed by atoms with Gasteiger partial charge >= 0.3 is 0 Å². The van der Waals surface area contributed by atoms with Crippen molar-refractivity contribution in [3.63, 3.8) is 0 Å². The van der Waals surface area contributed by atoms with E-state index in [9.17, 15) is 9.59 Å². The van der Waals surface area contributed by atoms with E-state index in [1.165, 1.54) is 4.68 Å². The number of aromatic nitrogens is 2. The van der Waals surface area contributed by atoms with E-state index in [0.717, 1.165) is 41.4 Å². The van der Waals surface area contributed by atoms with Crippen molar-refractivity contribution in [1.29, 1.82) is 0 Å². The minimum absolute atomic E-state index is 0.118. The molecule has 2 aromatic carbocycles. The van der Waals surface area contributed by atoms with Crippen molar-refractivity contribution in [1.82, 2.24) is 9.78 Å². The van der Waals surface area contributed by atoms with Crippen molar-refractivity contribution >= 4 is 39.9 Å². The average Bonchev–Trinajstić information content (AvgIpc) is 2.72. The largest absolute Gasteiger partial charge is 0.353 e. The molecule has 0 unspecified atom stereocenters. The molecule has 1 amide bonds. The number of nitrogens with one attached hydrogen (secondary N) is 1. The van der Waals surface area contributed by atoms with Crippen molar-refractivity contribution in [2.75, 3.05) is 34.8 Å². The Hall–Kier alpha value is -2.80. The van der Waals surface area contributed by atoms with Gasteiger partial charge in [0.15, 0.2) is 5.82 Å². The highest BCUT2D eigenvalue weighted by Gasteiger charge is 2.19. The van der Waals surface area contributed by atoms with Gasteiger partial charge in [-0.05, 0) is 25.1 Å². The molecular weight excluding hydrogens is 372 g/mol. The van der Waals surface area contributed by atoms with Crippen molar-refractivity contribution in [2.24, 2.45) is 0 Å². The van der Waals surface area contributed by atoms with Crippen LogP contribution in [-0.2, 0) is 11.3 Å². The van der Waals surface area contributed by atoms with Crippen LogP contribution >= 0.6 is 11.8 Å². The second-order valence-corrected chi connectivity index (χ2v) is 8.07. The molecule has 1 saturated heterocycles. The third-order valence-corrected chi connectivity index (χ3v) is 5.73. The Balaban J connectivity index is 1.66. The molecule has 28 heavy (non-hydrogen) atoms. The maximum absolute atomic E-state index is 12.9. The fraction of sp³-hybridized carbons (Fsp3) is 0.286. The van der Waals surface area contributed by atoms with E-state index < -0.39 is 0 Å². The molecule has 1 N–H and O–H groups in total. The lowest BCUT2D eigenvalue weighted by molar-refractivity contribution is -0.117. The first-order valence-corrected chi connectivity index (χ1v) is 10.5. The van der Waals surface area contributed by atoms with Crippen LogP contribution in [0, 0.1) is 6.92 Å². The summed E-state index contributed by atoms with van der Waals surface area (Å²) >= 11 is 1.92. The lowest BCUT2D eigenvalue weighted by Crippen LogP contribution is -2.37. The number of carbonyl (C=O) groups excluding carboxylic acids is 1. The van der Waals surface area contributed by atoms with Crippen molar-refractivity contribution in [3.8, 4) is 0 Å². The molecule has 0 atom stereocenters. The molecule has 1 fully saturated rings. The minimum Gasteiger partial charge on any atom is -0.353 e. The molecule has 0 saturated carbocycles. The van der Waals surface area contributed by atoms with Gasteiger partial charge in [-0.3, -0.25) is 9.59 Å². The summed E-state index contributed by atoms with van der Waals surface area (Å²) < 4.78 is 1.28. The molecule has 3 aromatic rings. The zero-order valence-corrected chi connectivity index (χ0v) is 16.5. The predicted octanol–water partition coefficient (Wildman–Crippen LogP) is 2.90. The number of hydrogen-bond donors (Lipinski definition) is 1. The van der Waals surface area contributed by atoms with E-state index in [-0.39, 0.29) is 18.0 Å². The smallest absolute Gasteiger partial charge is 0.275 e. The van der Waals surface area contributed by atoms with E-state index in [4.69, 9.17) is 0 Å². The van der Waals surface area contributed by atoms with Crippen LogP contribution < -0.4 is 15.8 Å². The summed E-state index contributed by atoms with van der Waals surface area (Å²) in [4.78, 5) is 27.6. The standard InChI is InChI=1S/C21H22N4O2S/c1-15-6-8-16(9-7-15)22-19(26)14-25-21(27)18-5-3-2-4-17(18)20(23-25)24-10-12-28-13-11-24/h2-9H,10-14H2,1H3,(H,22,26). The lowest BCUT2D eigenvalue weighted by Gasteiger charge is -2.28. The Morgan fingerprint density at radius 3 is 2.46 bits per heavy atom. The van der Waals surface area contributed by atoms with Crippen LogP contribution in [0.5, 0.6) is 0 Å². The van der Waals surface area contributed by atoms with Crippen LogP contribution in [0.25, 0.3) is 10.8 Å². The molecule has 1 aliphatic rings. The summed E-state index contributed by atoms with van der Waals surface area (Å²) in [5.41, 5.74) is 1.58. The fourth-order valence-corrected chi connectivity index (χ4v) is 4.21. The second kappa shape index (κ2) is 8.06. The van der Waals surface area contributed by atoms with Gasteiger partial charge in [-0.2, -0.15) is 16.9 Å². The maximum atomic E-state index is 12.9. The number of benzene rings is 2. The van der Waals surface area contributed by atoms with Crippen LogP contribution in [0.15, 0.2) is 53.3 Å². The fourth-order valence-electron chi connectivity index (χ4n) is 3.31. The molecule has 7 heteroatoms. The highest BCUT2D eigenvalue weighted by atomic mass is 32.2. The number of amides is 1. The van der Waals surface area contributed by atoms with Crippen LogP contribution in [-0.4, -0.2) is 40.3 Å². The quantitative estimate of drug-likeness (QED) is 0.737. The van der Waals surface area contributed by atoms with Crippen LogP contribution in [0.2, 0.25) is 0 Å². The predicted molar refractivity (Wildman–Crippen MR) is 115 cm³/mol. The molecule has 2 heterocycles. The molecule has 0 radical (unpaired) electrons. The maximum Gasteiger partial charge on any atom is 0.275 e. The number of thioether (sulfide) groups is 1. The number of fused-ring (bicyclic) bond motifs is 1. The van der Waals surface area contributed by atoms with E-state index in [1.807, 2.05) is 61.2 Å². The second-order valence-electron chi connectivity index (χ2n) is 6.85. The molecule has 1 aromatic heterocycles. The molecular formula is C21H22N4O2S. The van der Waals surface area contributed by atoms with Gasteiger partial charge in [0.25, 0.3) is 5.56 Å². The van der Waals surface area contributed by atoms with Gasteiger partial charge in [0.05, 0.1) is 5.39 Å². The monoisotopic (exact) mass is 394 g/mol. The molecule has 144 valence electrons. The van der Waals surface area contributed by atoms with Gasteiger partial charge in [-0.25, -0.2) is 4.68 Å². The first-order chi connectivity index (χ1) is 13.6. The summed E-state index contributed by atoms with van der Waals surface area (Å²) in [6.07, 6.45) is 0. The van der Waals surface area contributed by atoms with E-state index >= 15 is 0 Å². The molecule has 0 spiro atoms. The van der Waals surface area contributed by atoms with Gasteiger partial charge in [0, 0.05) is 35.7 Å². The van der Waals surface area contributed by atoms with Crippen LogP contribution in [0.1, 0.15) is 5.56 Å². The van der Waals surface area contributed by atoms with Gasteiger partial charge in [0.1, 0.15) is 6.54 Å². The summed E-state index contributed by atoms with van der Waals surface area (Å²) in [6.45, 7) is 3.64. The molecule has 1 aliphatic heterocycles. The summed E-state index contributed by atoms with van der Waals surface area (Å²) in [6, 6.07) is 15.1. The van der Waals surface area contributed by atoms with Crippen LogP contribution in [0.3, 0.4) is 0 Å². The lowest BCUT2D eigenvalue weighted by atomic mass is 10.1. The van der Waals surface area contributed by atoms with Gasteiger partial charge in [-0.15, -0.1) is 0 Å². The number of nitrogens with zero attached hydrogens (tertiary/aromatic N) is 3. The number of carbonyl (C=O) groups is 1. The third kappa shape index (κ3) is 3.89. The Kier molecular flexibility index (Phi) is 5.34. The van der Waals surface area contributed by atoms with Crippen molar-refractivity contribution < 1.29 is 4.79 Å². The number of anilines is 2. The zero-order valence-electron chi connectivity index (χ0n) is 15.7. The molecule has 0 bridgehead atoms.